The van der Waals surface area contributed by atoms with Crippen LogP contribution in [0.5, 0.6) is 0 Å². The zero-order valence-corrected chi connectivity index (χ0v) is 14.6. The number of rotatable bonds is 4. The number of benzene rings is 1. The van der Waals surface area contributed by atoms with Crippen molar-refractivity contribution in [3.8, 4) is 0 Å². The first-order chi connectivity index (χ1) is 11.6. The molecule has 2 aromatic rings. The van der Waals surface area contributed by atoms with Gasteiger partial charge in [0.25, 0.3) is 0 Å². The summed E-state index contributed by atoms with van der Waals surface area (Å²) in [6.45, 7) is 4.09. The molecule has 0 spiro atoms. The van der Waals surface area contributed by atoms with Gasteiger partial charge in [0.2, 0.25) is 0 Å². The summed E-state index contributed by atoms with van der Waals surface area (Å²) in [6, 6.07) is 12.1. The molecule has 2 atom stereocenters. The van der Waals surface area contributed by atoms with Crippen molar-refractivity contribution in [1.29, 1.82) is 0 Å². The summed E-state index contributed by atoms with van der Waals surface area (Å²) in [5.74, 6) is -1.47. The fourth-order valence-corrected chi connectivity index (χ4v) is 3.99. The minimum atomic E-state index is -0.738. The summed E-state index contributed by atoms with van der Waals surface area (Å²) >= 11 is 1.58. The average molecular weight is 340 g/mol. The number of thiophene rings is 1. The lowest BCUT2D eigenvalue weighted by molar-refractivity contribution is -0.151. The van der Waals surface area contributed by atoms with Gasteiger partial charge in [-0.05, 0) is 48.9 Å². The first-order valence-electron chi connectivity index (χ1n) is 8.11. The Kier molecular flexibility index (Phi) is 4.95. The molecule has 0 N–H and O–H groups in total. The molecule has 1 aromatic heterocycles. The molecule has 24 heavy (non-hydrogen) atoms. The minimum Gasteiger partial charge on any atom is -0.465 e. The Bertz CT molecular complexity index is 757. The molecule has 3 nitrogen and oxygen atoms in total. The first-order valence-corrected chi connectivity index (χ1v) is 8.99. The van der Waals surface area contributed by atoms with E-state index in [2.05, 4.69) is 0 Å². The molecule has 3 rings (SSSR count). The van der Waals surface area contributed by atoms with Gasteiger partial charge in [0.15, 0.2) is 5.78 Å². The topological polar surface area (TPSA) is 43.4 Å². The molecule has 0 fully saturated rings. The highest BCUT2D eigenvalue weighted by molar-refractivity contribution is 7.10. The van der Waals surface area contributed by atoms with Gasteiger partial charge in [-0.25, -0.2) is 0 Å². The van der Waals surface area contributed by atoms with E-state index in [0.717, 1.165) is 16.0 Å². The maximum absolute atomic E-state index is 12.7. The third-order valence-electron chi connectivity index (χ3n) is 4.34. The Balaban J connectivity index is 1.98. The first kappa shape index (κ1) is 16.7. The highest BCUT2D eigenvalue weighted by Crippen LogP contribution is 2.41. The molecule has 4 heteroatoms. The molecule has 0 aliphatic heterocycles. The maximum Gasteiger partial charge on any atom is 0.317 e. The standard InChI is InChI=1S/C20H20O3S/c1-3-23-20(22)19-16(18-5-4-10-24-18)11-15(12-17(19)21)14-8-6-13(2)7-9-14/h4-10,12,16,19H,3,11H2,1-2H3. The summed E-state index contributed by atoms with van der Waals surface area (Å²) in [4.78, 5) is 26.1. The van der Waals surface area contributed by atoms with Gasteiger partial charge in [0, 0.05) is 10.8 Å². The maximum atomic E-state index is 12.7. The van der Waals surface area contributed by atoms with E-state index in [1.807, 2.05) is 48.7 Å². The second-order valence-corrected chi connectivity index (χ2v) is 6.97. The number of carbonyl (C=O) groups excluding carboxylic acids is 2. The highest BCUT2D eigenvalue weighted by atomic mass is 32.1. The van der Waals surface area contributed by atoms with Crippen molar-refractivity contribution in [3.05, 3.63) is 63.9 Å². The summed E-state index contributed by atoms with van der Waals surface area (Å²) in [7, 11) is 0. The fourth-order valence-electron chi connectivity index (χ4n) is 3.12. The number of carbonyl (C=O) groups is 2. The molecule has 1 aliphatic rings. The molecule has 0 saturated heterocycles. The molecule has 0 bridgehead atoms. The van der Waals surface area contributed by atoms with Gasteiger partial charge in [-0.2, -0.15) is 0 Å². The Labute approximate surface area is 146 Å². The van der Waals surface area contributed by atoms with Gasteiger partial charge >= 0.3 is 5.97 Å². The summed E-state index contributed by atoms with van der Waals surface area (Å²) in [5, 5.41) is 1.98. The third kappa shape index (κ3) is 3.34. The van der Waals surface area contributed by atoms with Crippen LogP contribution in [0.1, 0.15) is 35.3 Å². The van der Waals surface area contributed by atoms with Gasteiger partial charge in [0.05, 0.1) is 6.61 Å². The lowest BCUT2D eigenvalue weighted by atomic mass is 9.76. The SMILES string of the molecule is CCOC(=O)C1C(=O)C=C(c2ccc(C)cc2)CC1c1cccs1. The number of hydrogen-bond acceptors (Lipinski definition) is 4. The van der Waals surface area contributed by atoms with Crippen LogP contribution in [0, 0.1) is 12.8 Å². The van der Waals surface area contributed by atoms with Gasteiger partial charge in [-0.1, -0.05) is 35.9 Å². The Morgan fingerprint density at radius 1 is 1.25 bits per heavy atom. The zero-order valence-electron chi connectivity index (χ0n) is 13.8. The van der Waals surface area contributed by atoms with Crippen LogP contribution >= 0.6 is 11.3 Å². The number of ketones is 1. The van der Waals surface area contributed by atoms with Crippen LogP contribution in [0.3, 0.4) is 0 Å². The molecule has 124 valence electrons. The molecule has 1 aromatic carbocycles. The minimum absolute atomic E-state index is 0.155. The summed E-state index contributed by atoms with van der Waals surface area (Å²) in [5.41, 5.74) is 3.21. The van der Waals surface area contributed by atoms with Crippen molar-refractivity contribution in [2.75, 3.05) is 6.61 Å². The Hall–Kier alpha value is -2.20. The highest BCUT2D eigenvalue weighted by Gasteiger charge is 2.40. The average Bonchev–Trinajstić information content (AvgIpc) is 3.09. The molecule has 0 radical (unpaired) electrons. The van der Waals surface area contributed by atoms with Crippen molar-refractivity contribution in [2.45, 2.75) is 26.2 Å². The van der Waals surface area contributed by atoms with Gasteiger partial charge in [0.1, 0.15) is 5.92 Å². The predicted octanol–water partition coefficient (Wildman–Crippen LogP) is 4.38. The van der Waals surface area contributed by atoms with E-state index < -0.39 is 11.9 Å². The number of aryl methyl sites for hydroxylation is 1. The van der Waals surface area contributed by atoms with Crippen LogP contribution < -0.4 is 0 Å². The van der Waals surface area contributed by atoms with Crippen LogP contribution in [0.25, 0.3) is 5.57 Å². The third-order valence-corrected chi connectivity index (χ3v) is 5.34. The van der Waals surface area contributed by atoms with E-state index in [9.17, 15) is 9.59 Å². The van der Waals surface area contributed by atoms with Crippen molar-refractivity contribution in [1.82, 2.24) is 0 Å². The number of esters is 1. The van der Waals surface area contributed by atoms with Crippen molar-refractivity contribution in [2.24, 2.45) is 5.92 Å². The Morgan fingerprint density at radius 3 is 2.62 bits per heavy atom. The van der Waals surface area contributed by atoms with E-state index in [1.165, 1.54) is 5.56 Å². The second kappa shape index (κ2) is 7.14. The molecule has 1 heterocycles. The lowest BCUT2D eigenvalue weighted by Gasteiger charge is -2.28. The van der Waals surface area contributed by atoms with Gasteiger partial charge < -0.3 is 4.74 Å². The molecule has 0 saturated carbocycles. The van der Waals surface area contributed by atoms with Crippen LogP contribution in [0.4, 0.5) is 0 Å². The van der Waals surface area contributed by atoms with Gasteiger partial charge in [-0.3, -0.25) is 9.59 Å². The largest absolute Gasteiger partial charge is 0.465 e. The molecular formula is C20H20O3S. The predicted molar refractivity (Wildman–Crippen MR) is 96.0 cm³/mol. The number of hydrogen-bond donors (Lipinski definition) is 0. The monoisotopic (exact) mass is 340 g/mol. The Morgan fingerprint density at radius 2 is 2.00 bits per heavy atom. The van der Waals surface area contributed by atoms with Crippen LogP contribution in [0.2, 0.25) is 0 Å². The van der Waals surface area contributed by atoms with Crippen LogP contribution in [0.15, 0.2) is 47.9 Å². The summed E-state index contributed by atoms with van der Waals surface area (Å²) < 4.78 is 5.15. The normalized spacial score (nSPS) is 20.6. The van der Waals surface area contributed by atoms with E-state index in [-0.39, 0.29) is 18.3 Å². The van der Waals surface area contributed by atoms with Crippen molar-refractivity contribution >= 4 is 28.7 Å². The quantitative estimate of drug-likeness (QED) is 0.613. The number of allylic oxidation sites excluding steroid dienone is 2. The lowest BCUT2D eigenvalue weighted by Crippen LogP contribution is -2.33. The van der Waals surface area contributed by atoms with Crippen LogP contribution in [-0.4, -0.2) is 18.4 Å². The molecule has 0 amide bonds. The van der Waals surface area contributed by atoms with E-state index in [0.29, 0.717) is 6.42 Å². The van der Waals surface area contributed by atoms with E-state index >= 15 is 0 Å². The molecule has 1 aliphatic carbocycles. The van der Waals surface area contributed by atoms with E-state index in [4.69, 9.17) is 4.74 Å². The van der Waals surface area contributed by atoms with Crippen LogP contribution in [-0.2, 0) is 14.3 Å². The zero-order chi connectivity index (χ0) is 17.1. The molecular weight excluding hydrogens is 320 g/mol. The van der Waals surface area contributed by atoms with Gasteiger partial charge in [-0.15, -0.1) is 11.3 Å². The summed E-state index contributed by atoms with van der Waals surface area (Å²) in [6.07, 6.45) is 2.29. The number of ether oxygens (including phenoxy) is 1. The molecule has 2 unspecified atom stereocenters. The fraction of sp³-hybridized carbons (Fsp3) is 0.300. The smallest absolute Gasteiger partial charge is 0.317 e. The van der Waals surface area contributed by atoms with Crippen molar-refractivity contribution < 1.29 is 14.3 Å². The van der Waals surface area contributed by atoms with E-state index in [1.54, 1.807) is 24.3 Å². The van der Waals surface area contributed by atoms with Crippen molar-refractivity contribution in [3.63, 3.8) is 0 Å². The second-order valence-electron chi connectivity index (χ2n) is 5.99.